The zero-order chi connectivity index (χ0) is 31.6. The highest BCUT2D eigenvalue weighted by Crippen LogP contribution is 2.34. The Morgan fingerprint density at radius 1 is 1.02 bits per heavy atom. The summed E-state index contributed by atoms with van der Waals surface area (Å²) >= 11 is 1.63. The van der Waals surface area contributed by atoms with E-state index in [1.54, 1.807) is 23.7 Å². The largest absolute Gasteiger partial charge is 0.401 e. The van der Waals surface area contributed by atoms with Crippen LogP contribution in [0.5, 0.6) is 0 Å². The van der Waals surface area contributed by atoms with Crippen molar-refractivity contribution in [3.05, 3.63) is 46.6 Å². The minimum absolute atomic E-state index is 0.0694. The lowest BCUT2D eigenvalue weighted by Crippen LogP contribution is -2.40. The van der Waals surface area contributed by atoms with Crippen LogP contribution < -0.4 is 4.80 Å². The summed E-state index contributed by atoms with van der Waals surface area (Å²) in [5, 5.41) is 10.6. The molecule has 0 unspecified atom stereocenters. The van der Waals surface area contributed by atoms with Gasteiger partial charge in [-0.2, -0.15) is 28.4 Å². The van der Waals surface area contributed by atoms with Gasteiger partial charge in [-0.3, -0.25) is 14.6 Å². The molecule has 2 fully saturated rings. The SMILES string of the molecule is C[Si](C)(C)CCOCn1nc(C2CCCC2)sc1=Nc1ccc2ncc(-c3cnn(C4CCN(CC(F)(F)F)CC4)c3)cc2n1. The van der Waals surface area contributed by atoms with Gasteiger partial charge in [0.15, 0.2) is 5.82 Å². The van der Waals surface area contributed by atoms with Crippen molar-refractivity contribution in [3.8, 4) is 11.1 Å². The van der Waals surface area contributed by atoms with Gasteiger partial charge < -0.3 is 4.74 Å². The first kappa shape index (κ1) is 32.0. The smallest absolute Gasteiger partial charge is 0.359 e. The molecule has 6 rings (SSSR count). The van der Waals surface area contributed by atoms with Crippen LogP contribution in [0, 0.1) is 0 Å². The molecule has 0 radical (unpaired) electrons. The number of aromatic nitrogens is 6. The van der Waals surface area contributed by atoms with Crippen molar-refractivity contribution >= 4 is 36.3 Å². The number of pyridine rings is 2. The molecule has 1 saturated carbocycles. The first-order valence-corrected chi connectivity index (χ1v) is 20.3. The predicted octanol–water partition coefficient (Wildman–Crippen LogP) is 7.15. The van der Waals surface area contributed by atoms with Crippen LogP contribution in [-0.2, 0) is 11.5 Å². The number of hydrogen-bond donors (Lipinski definition) is 0. The highest BCUT2D eigenvalue weighted by molar-refractivity contribution is 7.08. The molecule has 45 heavy (non-hydrogen) atoms. The number of likely N-dealkylation sites (tertiary alicyclic amines) is 1. The third-order valence-corrected chi connectivity index (χ3v) is 11.4. The van der Waals surface area contributed by atoms with Crippen molar-refractivity contribution in [3.63, 3.8) is 0 Å². The molecule has 9 nitrogen and oxygen atoms in total. The van der Waals surface area contributed by atoms with Crippen LogP contribution in [0.15, 0.2) is 41.8 Å². The van der Waals surface area contributed by atoms with Gasteiger partial charge in [0, 0.05) is 57.2 Å². The molecule has 1 saturated heterocycles. The van der Waals surface area contributed by atoms with Crippen molar-refractivity contribution in [1.29, 1.82) is 0 Å². The minimum atomic E-state index is -4.17. The number of nitrogens with zero attached hydrogens (tertiary/aromatic N) is 8. The molecular weight excluding hydrogens is 618 g/mol. The van der Waals surface area contributed by atoms with Crippen LogP contribution in [-0.4, -0.2) is 74.9 Å². The number of alkyl halides is 3. The summed E-state index contributed by atoms with van der Waals surface area (Å²) in [5.74, 6) is 1.07. The lowest BCUT2D eigenvalue weighted by molar-refractivity contribution is -0.148. The number of piperidine rings is 1. The molecule has 2 aliphatic rings. The van der Waals surface area contributed by atoms with Gasteiger partial charge in [0.1, 0.15) is 11.7 Å². The summed E-state index contributed by atoms with van der Waals surface area (Å²) in [7, 11) is -1.19. The van der Waals surface area contributed by atoms with E-state index in [1.165, 1.54) is 30.6 Å². The van der Waals surface area contributed by atoms with Crippen molar-refractivity contribution in [1.82, 2.24) is 34.4 Å². The number of fused-ring (bicyclic) bond motifs is 1. The molecule has 0 atom stereocenters. The van der Waals surface area contributed by atoms with Crippen LogP contribution >= 0.6 is 11.3 Å². The summed E-state index contributed by atoms with van der Waals surface area (Å²) < 4.78 is 48.1. The van der Waals surface area contributed by atoms with Crippen LogP contribution in [0.25, 0.3) is 22.2 Å². The van der Waals surface area contributed by atoms with E-state index >= 15 is 0 Å². The Kier molecular flexibility index (Phi) is 9.55. The van der Waals surface area contributed by atoms with Crippen LogP contribution in [0.1, 0.15) is 55.5 Å². The number of hydrogen-bond acceptors (Lipinski definition) is 8. The average molecular weight is 659 g/mol. The van der Waals surface area contributed by atoms with Gasteiger partial charge in [-0.1, -0.05) is 43.8 Å². The molecule has 1 aliphatic heterocycles. The number of rotatable bonds is 10. The van der Waals surface area contributed by atoms with Gasteiger partial charge in [0.05, 0.1) is 29.8 Å². The standard InChI is InChI=1S/C31H41F3N8OSSi/c1-45(2,3)15-14-43-21-42-30(44-29(39-42)22-6-4-5-7-22)38-28-9-8-26-27(37-28)16-23(17-35-26)24-18-36-41(19-24)25-10-12-40(13-11-25)20-31(32,33)34/h8-9,16-19,22,25H,4-7,10-15,20-21H2,1-3H3. The van der Waals surface area contributed by atoms with Gasteiger partial charge >= 0.3 is 6.18 Å². The topological polar surface area (TPSA) is 86.2 Å². The van der Waals surface area contributed by atoms with Crippen molar-refractivity contribution < 1.29 is 17.9 Å². The van der Waals surface area contributed by atoms with Crippen molar-refractivity contribution in [2.45, 2.75) is 89.1 Å². The summed E-state index contributed by atoms with van der Waals surface area (Å²) in [4.78, 5) is 16.6. The third-order valence-electron chi connectivity index (χ3n) is 8.55. The van der Waals surface area contributed by atoms with Crippen LogP contribution in [0.4, 0.5) is 19.0 Å². The zero-order valence-electron chi connectivity index (χ0n) is 26.1. The van der Waals surface area contributed by atoms with Gasteiger partial charge in [-0.25, -0.2) is 9.67 Å². The highest BCUT2D eigenvalue weighted by Gasteiger charge is 2.33. The Labute approximate surface area is 266 Å². The summed E-state index contributed by atoms with van der Waals surface area (Å²) in [5.41, 5.74) is 3.25. The van der Waals surface area contributed by atoms with Crippen molar-refractivity contribution in [2.24, 2.45) is 4.99 Å². The summed E-state index contributed by atoms with van der Waals surface area (Å²) in [6.45, 7) is 8.07. The summed E-state index contributed by atoms with van der Waals surface area (Å²) in [6, 6.07) is 6.96. The minimum Gasteiger partial charge on any atom is -0.359 e. The van der Waals surface area contributed by atoms with Gasteiger partial charge in [0.2, 0.25) is 4.80 Å². The van der Waals surface area contributed by atoms with E-state index in [0.29, 0.717) is 44.4 Å². The van der Waals surface area contributed by atoms with Crippen molar-refractivity contribution in [2.75, 3.05) is 26.2 Å². The Bertz CT molecular complexity index is 1660. The van der Waals surface area contributed by atoms with E-state index in [9.17, 15) is 13.2 Å². The number of halogens is 3. The highest BCUT2D eigenvalue weighted by atomic mass is 32.1. The molecule has 1 aliphatic carbocycles. The van der Waals surface area contributed by atoms with E-state index in [-0.39, 0.29) is 6.04 Å². The number of ether oxygens (including phenoxy) is 1. The zero-order valence-corrected chi connectivity index (χ0v) is 27.9. The second-order valence-corrected chi connectivity index (χ2v) is 20.0. The Hall–Kier alpha value is -2.94. The van der Waals surface area contributed by atoms with Crippen LogP contribution in [0.2, 0.25) is 25.7 Å². The second-order valence-electron chi connectivity index (χ2n) is 13.4. The molecular formula is C31H41F3N8OSSi. The average Bonchev–Trinajstić information content (AvgIpc) is 3.76. The van der Waals surface area contributed by atoms with E-state index < -0.39 is 20.8 Å². The molecule has 0 spiro atoms. The van der Waals surface area contributed by atoms with E-state index in [0.717, 1.165) is 44.6 Å². The maximum Gasteiger partial charge on any atom is 0.401 e. The normalized spacial score (nSPS) is 18.0. The fraction of sp³-hybridized carbons (Fsp3) is 0.581. The predicted molar refractivity (Wildman–Crippen MR) is 172 cm³/mol. The molecule has 4 aromatic rings. The van der Waals surface area contributed by atoms with E-state index in [1.807, 2.05) is 33.8 Å². The van der Waals surface area contributed by atoms with Gasteiger partial charge in [-0.15, -0.1) is 0 Å². The summed E-state index contributed by atoms with van der Waals surface area (Å²) in [6.07, 6.45) is 7.44. The molecule has 4 aromatic heterocycles. The third kappa shape index (κ3) is 8.46. The Balaban J connectivity index is 1.20. The molecule has 0 aromatic carbocycles. The van der Waals surface area contributed by atoms with Gasteiger partial charge in [-0.05, 0) is 49.9 Å². The Morgan fingerprint density at radius 2 is 1.80 bits per heavy atom. The fourth-order valence-corrected chi connectivity index (χ4v) is 7.78. The molecule has 0 bridgehead atoms. The molecule has 14 heteroatoms. The molecule has 5 heterocycles. The van der Waals surface area contributed by atoms with E-state index in [2.05, 4.69) is 29.7 Å². The monoisotopic (exact) mass is 658 g/mol. The molecule has 0 amide bonds. The lowest BCUT2D eigenvalue weighted by atomic mass is 10.1. The maximum absolute atomic E-state index is 12.8. The van der Waals surface area contributed by atoms with Gasteiger partial charge in [0.25, 0.3) is 0 Å². The Morgan fingerprint density at radius 3 is 2.53 bits per heavy atom. The molecule has 242 valence electrons. The fourth-order valence-electron chi connectivity index (χ4n) is 5.96. The maximum atomic E-state index is 12.8. The molecule has 0 N–H and O–H groups in total. The first-order valence-electron chi connectivity index (χ1n) is 15.8. The van der Waals surface area contributed by atoms with Crippen LogP contribution in [0.3, 0.4) is 0 Å². The quantitative estimate of drug-likeness (QED) is 0.133. The van der Waals surface area contributed by atoms with E-state index in [4.69, 9.17) is 19.8 Å². The lowest BCUT2D eigenvalue weighted by Gasteiger charge is -2.32. The first-order chi connectivity index (χ1) is 21.5. The second kappa shape index (κ2) is 13.4.